The van der Waals surface area contributed by atoms with Gasteiger partial charge in [-0.25, -0.2) is 5.01 Å². The third-order valence-corrected chi connectivity index (χ3v) is 3.69. The van der Waals surface area contributed by atoms with E-state index < -0.39 is 0 Å². The molecule has 100 valence electrons. The van der Waals surface area contributed by atoms with E-state index in [1.165, 1.54) is 5.01 Å². The Morgan fingerprint density at radius 2 is 2.22 bits per heavy atom. The van der Waals surface area contributed by atoms with Crippen molar-refractivity contribution in [1.82, 2.24) is 10.3 Å². The molecule has 1 aliphatic carbocycles. The van der Waals surface area contributed by atoms with Crippen LogP contribution in [0.2, 0.25) is 0 Å². The number of aliphatic hydroxyl groups excluding tert-OH is 1. The quantitative estimate of drug-likeness (QED) is 0.716. The Hall–Kier alpha value is -1.43. The number of hydrogen-bond donors (Lipinski definition) is 2. The van der Waals surface area contributed by atoms with Crippen LogP contribution in [-0.2, 0) is 9.59 Å². The van der Waals surface area contributed by atoms with Crippen molar-refractivity contribution in [3.63, 3.8) is 0 Å². The molecule has 0 aromatic rings. The van der Waals surface area contributed by atoms with Gasteiger partial charge in [0.1, 0.15) is 5.71 Å². The molecular weight excluding hydrogens is 234 g/mol. The van der Waals surface area contributed by atoms with E-state index in [-0.39, 0.29) is 23.8 Å². The summed E-state index contributed by atoms with van der Waals surface area (Å²) in [7, 11) is 1.56. The van der Waals surface area contributed by atoms with Gasteiger partial charge < -0.3 is 10.4 Å². The maximum absolute atomic E-state index is 11.9. The van der Waals surface area contributed by atoms with Gasteiger partial charge in [-0.1, -0.05) is 0 Å². The van der Waals surface area contributed by atoms with Crippen LogP contribution in [-0.4, -0.2) is 47.8 Å². The highest BCUT2D eigenvalue weighted by Gasteiger charge is 2.42. The van der Waals surface area contributed by atoms with Gasteiger partial charge in [0.05, 0.1) is 0 Å². The van der Waals surface area contributed by atoms with Gasteiger partial charge in [0.2, 0.25) is 5.91 Å². The second kappa shape index (κ2) is 5.06. The minimum atomic E-state index is -0.196. The lowest BCUT2D eigenvalue weighted by molar-refractivity contribution is -0.130. The molecular formula is C12H19N3O3. The number of rotatable bonds is 5. The van der Waals surface area contributed by atoms with Gasteiger partial charge in [0.15, 0.2) is 0 Å². The number of nitrogens with one attached hydrogen (secondary N) is 1. The summed E-state index contributed by atoms with van der Waals surface area (Å²) < 4.78 is 0. The van der Waals surface area contributed by atoms with Crippen molar-refractivity contribution in [2.24, 2.45) is 10.5 Å². The molecule has 1 aliphatic heterocycles. The second-order valence-corrected chi connectivity index (χ2v) is 5.12. The number of hydrazone groups is 1. The average Bonchev–Trinajstić information content (AvgIpc) is 3.11. The number of hydrogen-bond acceptors (Lipinski definition) is 4. The van der Waals surface area contributed by atoms with Crippen molar-refractivity contribution < 1.29 is 14.7 Å². The predicted octanol–water partition coefficient (Wildman–Crippen LogP) is -0.127. The van der Waals surface area contributed by atoms with Crippen LogP contribution in [0.4, 0.5) is 0 Å². The van der Waals surface area contributed by atoms with E-state index in [1.54, 1.807) is 7.05 Å². The summed E-state index contributed by atoms with van der Waals surface area (Å²) in [6.45, 7) is 0.747. The van der Waals surface area contributed by atoms with Gasteiger partial charge in [0.25, 0.3) is 5.91 Å². The molecule has 1 saturated carbocycles. The van der Waals surface area contributed by atoms with Gasteiger partial charge in [-0.3, -0.25) is 9.59 Å². The van der Waals surface area contributed by atoms with Crippen molar-refractivity contribution >= 4 is 17.5 Å². The first-order chi connectivity index (χ1) is 8.56. The smallest absolute Gasteiger partial charge is 0.267 e. The van der Waals surface area contributed by atoms with E-state index in [0.29, 0.717) is 25.1 Å². The van der Waals surface area contributed by atoms with Crippen LogP contribution in [0.5, 0.6) is 0 Å². The number of carbonyl (C=O) groups excluding carboxylic acids is 2. The fourth-order valence-corrected chi connectivity index (χ4v) is 2.13. The topological polar surface area (TPSA) is 82.0 Å². The molecule has 0 aromatic heterocycles. The Kier molecular flexibility index (Phi) is 3.65. The molecule has 1 heterocycles. The molecule has 0 spiro atoms. The van der Waals surface area contributed by atoms with Gasteiger partial charge in [-0.2, -0.15) is 5.10 Å². The monoisotopic (exact) mass is 253 g/mol. The Morgan fingerprint density at radius 3 is 2.78 bits per heavy atom. The van der Waals surface area contributed by atoms with Crippen molar-refractivity contribution in [1.29, 1.82) is 0 Å². The van der Waals surface area contributed by atoms with Gasteiger partial charge in [-0.15, -0.1) is 0 Å². The van der Waals surface area contributed by atoms with E-state index >= 15 is 0 Å². The molecule has 0 saturated heterocycles. The fourth-order valence-electron chi connectivity index (χ4n) is 2.13. The molecule has 2 amide bonds. The van der Waals surface area contributed by atoms with Crippen LogP contribution in [0.3, 0.4) is 0 Å². The largest absolute Gasteiger partial charge is 0.396 e. The van der Waals surface area contributed by atoms with E-state index in [4.69, 9.17) is 5.11 Å². The van der Waals surface area contributed by atoms with E-state index in [0.717, 1.165) is 19.3 Å². The summed E-state index contributed by atoms with van der Waals surface area (Å²) in [5.74, 6) is -0.260. The zero-order chi connectivity index (χ0) is 13.2. The summed E-state index contributed by atoms with van der Waals surface area (Å²) in [6.07, 6.45) is 3.59. The van der Waals surface area contributed by atoms with Crippen LogP contribution in [0.1, 0.15) is 32.1 Å². The van der Waals surface area contributed by atoms with Gasteiger partial charge in [-0.05, 0) is 24.7 Å². The number of nitrogens with zero attached hydrogens (tertiary/aromatic N) is 2. The summed E-state index contributed by atoms with van der Waals surface area (Å²) in [5.41, 5.74) is 0.512. The maximum Gasteiger partial charge on any atom is 0.267 e. The third-order valence-electron chi connectivity index (χ3n) is 3.69. The summed E-state index contributed by atoms with van der Waals surface area (Å²) in [6, 6.07) is 0. The van der Waals surface area contributed by atoms with Gasteiger partial charge in [0, 0.05) is 33.0 Å². The van der Waals surface area contributed by atoms with Crippen molar-refractivity contribution in [2.75, 3.05) is 20.2 Å². The highest BCUT2D eigenvalue weighted by atomic mass is 16.3. The highest BCUT2D eigenvalue weighted by molar-refractivity contribution is 6.39. The molecule has 0 radical (unpaired) electrons. The van der Waals surface area contributed by atoms with Crippen LogP contribution in [0.15, 0.2) is 5.10 Å². The fraction of sp³-hybridized carbons (Fsp3) is 0.750. The van der Waals surface area contributed by atoms with E-state index in [1.807, 2.05) is 0 Å². The standard InChI is InChI=1S/C12H19N3O3/c1-15-10(17)3-2-9(14-15)11(18)13-8-12(4-5-12)6-7-16/h16H,2-8H2,1H3,(H,13,18). The van der Waals surface area contributed by atoms with Crippen LogP contribution in [0.25, 0.3) is 0 Å². The molecule has 6 nitrogen and oxygen atoms in total. The van der Waals surface area contributed by atoms with Crippen LogP contribution >= 0.6 is 0 Å². The Labute approximate surface area is 106 Å². The van der Waals surface area contributed by atoms with Crippen LogP contribution < -0.4 is 5.32 Å². The third kappa shape index (κ3) is 2.87. The maximum atomic E-state index is 11.9. The average molecular weight is 253 g/mol. The first-order valence-electron chi connectivity index (χ1n) is 6.29. The lowest BCUT2D eigenvalue weighted by atomic mass is 10.0. The number of amides is 2. The van der Waals surface area contributed by atoms with Gasteiger partial charge >= 0.3 is 0 Å². The molecule has 0 atom stereocenters. The SMILES string of the molecule is CN1N=C(C(=O)NCC2(CCO)CC2)CCC1=O. The molecule has 0 bridgehead atoms. The normalized spacial score (nSPS) is 21.6. The highest BCUT2D eigenvalue weighted by Crippen LogP contribution is 2.47. The predicted molar refractivity (Wildman–Crippen MR) is 65.8 cm³/mol. The van der Waals surface area contributed by atoms with Crippen molar-refractivity contribution in [3.8, 4) is 0 Å². The molecule has 18 heavy (non-hydrogen) atoms. The lowest BCUT2D eigenvalue weighted by Crippen LogP contribution is -2.39. The Bertz CT molecular complexity index is 388. The Balaban J connectivity index is 1.85. The number of aliphatic hydroxyl groups is 1. The lowest BCUT2D eigenvalue weighted by Gasteiger charge is -2.20. The minimum Gasteiger partial charge on any atom is -0.396 e. The zero-order valence-electron chi connectivity index (χ0n) is 10.6. The summed E-state index contributed by atoms with van der Waals surface area (Å²) in [5, 5.41) is 17.0. The van der Waals surface area contributed by atoms with Crippen LogP contribution in [0, 0.1) is 5.41 Å². The zero-order valence-corrected chi connectivity index (χ0v) is 10.6. The molecule has 2 aliphatic rings. The molecule has 2 rings (SSSR count). The number of carbonyl (C=O) groups is 2. The second-order valence-electron chi connectivity index (χ2n) is 5.12. The molecule has 0 unspecified atom stereocenters. The first-order valence-corrected chi connectivity index (χ1v) is 6.29. The minimum absolute atomic E-state index is 0.0644. The van der Waals surface area contributed by atoms with Crippen molar-refractivity contribution in [3.05, 3.63) is 0 Å². The molecule has 1 fully saturated rings. The summed E-state index contributed by atoms with van der Waals surface area (Å²) >= 11 is 0. The summed E-state index contributed by atoms with van der Waals surface area (Å²) in [4.78, 5) is 23.1. The Morgan fingerprint density at radius 1 is 1.50 bits per heavy atom. The molecule has 2 N–H and O–H groups in total. The van der Waals surface area contributed by atoms with E-state index in [2.05, 4.69) is 10.4 Å². The van der Waals surface area contributed by atoms with Crippen molar-refractivity contribution in [2.45, 2.75) is 32.1 Å². The van der Waals surface area contributed by atoms with E-state index in [9.17, 15) is 9.59 Å². The molecule has 6 heteroatoms. The molecule has 0 aromatic carbocycles. The first kappa shape index (κ1) is 13.0.